The normalized spacial score (nSPS) is 11.2. The van der Waals surface area contributed by atoms with Gasteiger partial charge in [-0.15, -0.1) is 5.10 Å². The molecule has 37 heavy (non-hydrogen) atoms. The molecular weight excluding hydrogens is 473 g/mol. The van der Waals surface area contributed by atoms with Gasteiger partial charge in [0.25, 0.3) is 0 Å². The minimum Gasteiger partial charge on any atom is -0.342 e. The number of halogens is 1. The number of amides is 2. The smallest absolute Gasteiger partial charge is 0.319 e. The van der Waals surface area contributed by atoms with Crippen LogP contribution in [0.15, 0.2) is 42.5 Å². The number of hydrogen-bond acceptors (Lipinski definition) is 6. The lowest BCUT2D eigenvalue weighted by Gasteiger charge is -2.16. The van der Waals surface area contributed by atoms with E-state index in [1.54, 1.807) is 23.9 Å². The Hall–Kier alpha value is -4.12. The van der Waals surface area contributed by atoms with Gasteiger partial charge in [-0.1, -0.05) is 12.1 Å². The summed E-state index contributed by atoms with van der Waals surface area (Å²) in [7, 11) is 3.79. The molecule has 2 aromatic heterocycles. The van der Waals surface area contributed by atoms with Crippen molar-refractivity contribution in [2.45, 2.75) is 33.2 Å². The summed E-state index contributed by atoms with van der Waals surface area (Å²) in [5, 5.41) is 17.6. The first-order valence-corrected chi connectivity index (χ1v) is 12.2. The Morgan fingerprint density at radius 1 is 1.11 bits per heavy atom. The summed E-state index contributed by atoms with van der Waals surface area (Å²) in [5.41, 5.74) is 5.15. The topological polar surface area (TPSA) is 117 Å². The number of unbranched alkanes of at least 4 members (excludes halogenated alkanes) is 1. The van der Waals surface area contributed by atoms with E-state index in [0.29, 0.717) is 23.9 Å². The maximum atomic E-state index is 13.1. The number of urea groups is 1. The standard InChI is InChI=1S/C26H32FN9O/c1-17-18(2)30-24(29-17)20-13-21(25-32-33-34-36(25)4)15-23(14-20)31-26(37)28-11-5-6-12-35(3)16-19-7-9-22(27)10-8-19/h7-10,13-15H,5-6,11-12,16H2,1-4H3,(H,29,30)(H2,28,31,37). The number of anilines is 1. The van der Waals surface area contributed by atoms with E-state index < -0.39 is 0 Å². The summed E-state index contributed by atoms with van der Waals surface area (Å²) in [5.74, 6) is 1.06. The van der Waals surface area contributed by atoms with Crippen molar-refractivity contribution in [3.8, 4) is 22.8 Å². The highest BCUT2D eigenvalue weighted by atomic mass is 19.1. The van der Waals surface area contributed by atoms with E-state index in [0.717, 1.165) is 54.0 Å². The molecule has 0 bridgehead atoms. The zero-order chi connectivity index (χ0) is 26.4. The predicted molar refractivity (Wildman–Crippen MR) is 140 cm³/mol. The van der Waals surface area contributed by atoms with Crippen LogP contribution in [0.5, 0.6) is 0 Å². The molecule has 0 aliphatic carbocycles. The number of nitrogens with one attached hydrogen (secondary N) is 3. The van der Waals surface area contributed by atoms with Gasteiger partial charge in [0.05, 0.1) is 5.69 Å². The molecule has 0 radical (unpaired) electrons. The van der Waals surface area contributed by atoms with Gasteiger partial charge in [0.15, 0.2) is 5.82 Å². The average molecular weight is 506 g/mol. The summed E-state index contributed by atoms with van der Waals surface area (Å²) in [4.78, 5) is 22.7. The molecule has 0 aliphatic rings. The summed E-state index contributed by atoms with van der Waals surface area (Å²) in [6.07, 6.45) is 1.76. The molecule has 0 aliphatic heterocycles. The van der Waals surface area contributed by atoms with Crippen molar-refractivity contribution < 1.29 is 9.18 Å². The fraction of sp³-hybridized carbons (Fsp3) is 0.346. The minimum atomic E-state index is -0.286. The molecule has 0 fully saturated rings. The van der Waals surface area contributed by atoms with Gasteiger partial charge in [0.2, 0.25) is 0 Å². The van der Waals surface area contributed by atoms with Crippen molar-refractivity contribution in [2.24, 2.45) is 7.05 Å². The Morgan fingerprint density at radius 2 is 1.86 bits per heavy atom. The molecular formula is C26H32FN9O. The zero-order valence-corrected chi connectivity index (χ0v) is 21.5. The van der Waals surface area contributed by atoms with Crippen LogP contribution in [0.1, 0.15) is 29.8 Å². The maximum absolute atomic E-state index is 13.1. The summed E-state index contributed by atoms with van der Waals surface area (Å²) in [6, 6.07) is 11.9. The van der Waals surface area contributed by atoms with E-state index >= 15 is 0 Å². The number of hydrogen-bond donors (Lipinski definition) is 3. The number of tetrazole rings is 1. The first kappa shape index (κ1) is 26.0. The number of aryl methyl sites for hydroxylation is 3. The highest BCUT2D eigenvalue weighted by Crippen LogP contribution is 2.28. The van der Waals surface area contributed by atoms with Crippen LogP contribution in [0.2, 0.25) is 0 Å². The highest BCUT2D eigenvalue weighted by Gasteiger charge is 2.14. The second-order valence-corrected chi connectivity index (χ2v) is 9.17. The summed E-state index contributed by atoms with van der Waals surface area (Å²) >= 11 is 0. The zero-order valence-electron chi connectivity index (χ0n) is 21.5. The van der Waals surface area contributed by atoms with Crippen molar-refractivity contribution >= 4 is 11.7 Å². The van der Waals surface area contributed by atoms with Crippen LogP contribution < -0.4 is 10.6 Å². The lowest BCUT2D eigenvalue weighted by molar-refractivity contribution is 0.251. The molecule has 0 atom stereocenters. The monoisotopic (exact) mass is 505 g/mol. The minimum absolute atomic E-state index is 0.226. The van der Waals surface area contributed by atoms with Gasteiger partial charge in [-0.05, 0) is 86.6 Å². The SMILES string of the molecule is Cc1nc(-c2cc(NC(=O)NCCCCN(C)Cc3ccc(F)cc3)cc(-c3nnnn3C)c2)[nH]c1C. The fourth-order valence-corrected chi connectivity index (χ4v) is 3.99. The van der Waals surface area contributed by atoms with Gasteiger partial charge in [-0.25, -0.2) is 18.9 Å². The summed E-state index contributed by atoms with van der Waals surface area (Å²) < 4.78 is 14.6. The predicted octanol–water partition coefficient (Wildman–Crippen LogP) is 4.06. The van der Waals surface area contributed by atoms with E-state index in [1.165, 1.54) is 12.1 Å². The van der Waals surface area contributed by atoms with Crippen LogP contribution in [0.4, 0.5) is 14.9 Å². The second-order valence-electron chi connectivity index (χ2n) is 9.17. The molecule has 194 valence electrons. The number of nitrogens with zero attached hydrogens (tertiary/aromatic N) is 6. The molecule has 4 aromatic rings. The molecule has 0 unspecified atom stereocenters. The quantitative estimate of drug-likeness (QED) is 0.280. The van der Waals surface area contributed by atoms with Crippen LogP contribution >= 0.6 is 0 Å². The first-order chi connectivity index (χ1) is 17.8. The molecule has 0 saturated heterocycles. The van der Waals surface area contributed by atoms with E-state index in [1.807, 2.05) is 39.1 Å². The number of aromatic nitrogens is 6. The maximum Gasteiger partial charge on any atom is 0.319 e. The van der Waals surface area contributed by atoms with Crippen molar-refractivity contribution in [3.05, 3.63) is 65.2 Å². The molecule has 2 aromatic carbocycles. The van der Waals surface area contributed by atoms with Crippen molar-refractivity contribution in [3.63, 3.8) is 0 Å². The molecule has 10 nitrogen and oxygen atoms in total. The molecule has 11 heteroatoms. The van der Waals surface area contributed by atoms with E-state index in [2.05, 4.69) is 41.0 Å². The van der Waals surface area contributed by atoms with Crippen LogP contribution in [0, 0.1) is 19.7 Å². The molecule has 0 spiro atoms. The van der Waals surface area contributed by atoms with Gasteiger partial charge in [-0.3, -0.25) is 0 Å². The third-order valence-electron chi connectivity index (χ3n) is 6.09. The van der Waals surface area contributed by atoms with Crippen LogP contribution in [0.3, 0.4) is 0 Å². The first-order valence-electron chi connectivity index (χ1n) is 12.2. The van der Waals surface area contributed by atoms with Gasteiger partial charge in [-0.2, -0.15) is 0 Å². The largest absolute Gasteiger partial charge is 0.342 e. The molecule has 2 amide bonds. The lowest BCUT2D eigenvalue weighted by atomic mass is 10.1. The van der Waals surface area contributed by atoms with Crippen LogP contribution in [-0.2, 0) is 13.6 Å². The number of benzene rings is 2. The van der Waals surface area contributed by atoms with Crippen LogP contribution in [-0.4, -0.2) is 61.2 Å². The van der Waals surface area contributed by atoms with Crippen LogP contribution in [0.25, 0.3) is 22.8 Å². The number of H-pyrrole nitrogens is 1. The average Bonchev–Trinajstić information content (AvgIpc) is 3.44. The molecule has 2 heterocycles. The third kappa shape index (κ3) is 6.98. The Balaban J connectivity index is 1.32. The Morgan fingerprint density at radius 3 is 2.54 bits per heavy atom. The fourth-order valence-electron chi connectivity index (χ4n) is 3.99. The summed E-state index contributed by atoms with van der Waals surface area (Å²) in [6.45, 7) is 6.09. The van der Waals surface area contributed by atoms with Gasteiger partial charge < -0.3 is 20.5 Å². The Kier molecular flexibility index (Phi) is 8.24. The number of imidazole rings is 1. The lowest BCUT2D eigenvalue weighted by Crippen LogP contribution is -2.30. The van der Waals surface area contributed by atoms with Crippen molar-refractivity contribution in [1.29, 1.82) is 0 Å². The highest BCUT2D eigenvalue weighted by molar-refractivity contribution is 5.91. The van der Waals surface area contributed by atoms with E-state index in [-0.39, 0.29) is 11.8 Å². The molecule has 3 N–H and O–H groups in total. The van der Waals surface area contributed by atoms with Crippen molar-refractivity contribution in [2.75, 3.05) is 25.5 Å². The number of aromatic amines is 1. The number of carbonyl (C=O) groups is 1. The Labute approximate surface area is 215 Å². The van der Waals surface area contributed by atoms with Gasteiger partial charge >= 0.3 is 6.03 Å². The van der Waals surface area contributed by atoms with Crippen molar-refractivity contribution in [1.82, 2.24) is 40.4 Å². The Bertz CT molecular complexity index is 1330. The van der Waals surface area contributed by atoms with Gasteiger partial charge in [0, 0.05) is 42.6 Å². The van der Waals surface area contributed by atoms with E-state index in [4.69, 9.17) is 0 Å². The third-order valence-corrected chi connectivity index (χ3v) is 6.09. The van der Waals surface area contributed by atoms with Gasteiger partial charge in [0.1, 0.15) is 11.6 Å². The van der Waals surface area contributed by atoms with E-state index in [9.17, 15) is 9.18 Å². The second kappa shape index (κ2) is 11.7. The molecule has 4 rings (SSSR count). The number of rotatable bonds is 10. The number of carbonyl (C=O) groups excluding carboxylic acids is 1. The molecule has 0 saturated carbocycles.